The van der Waals surface area contributed by atoms with Gasteiger partial charge in [0.15, 0.2) is 0 Å². The smallest absolute Gasteiger partial charge is 0.269 e. The molecule has 2 amide bonds. The fraction of sp³-hybridized carbons (Fsp3) is 0.222. The third-order valence-electron chi connectivity index (χ3n) is 3.99. The summed E-state index contributed by atoms with van der Waals surface area (Å²) in [6, 6.07) is 10.9. The van der Waals surface area contributed by atoms with Crippen molar-refractivity contribution in [3.05, 3.63) is 59.2 Å². The zero-order valence-electron chi connectivity index (χ0n) is 14.1. The maximum Gasteiger partial charge on any atom is 0.269 e. The first-order valence-corrected chi connectivity index (χ1v) is 9.26. The van der Waals surface area contributed by atoms with Crippen LogP contribution in [0.5, 0.6) is 0 Å². The van der Waals surface area contributed by atoms with Gasteiger partial charge in [-0.1, -0.05) is 17.7 Å². The summed E-state index contributed by atoms with van der Waals surface area (Å²) < 4.78 is 26.0. The number of hydrogen-bond acceptors (Lipinski definition) is 4. The van der Waals surface area contributed by atoms with Crippen LogP contribution in [0.4, 0.5) is 5.69 Å². The SMILES string of the molecule is Cc1ccc(NC(=O)c2ccc3c(c2)S(=O)(=O)N(C(C)C)C3=O)cc1. The van der Waals surface area contributed by atoms with Crippen LogP contribution in [0.1, 0.15) is 40.1 Å². The molecule has 2 aromatic rings. The standard InChI is InChI=1S/C18H18N2O4S/c1-11(2)20-18(22)15-9-6-13(10-16(15)25(20,23)24)17(21)19-14-7-4-12(3)5-8-14/h4-11H,1-3H3,(H,19,21). The van der Waals surface area contributed by atoms with Crippen LogP contribution in [0.3, 0.4) is 0 Å². The molecule has 2 aromatic carbocycles. The summed E-state index contributed by atoms with van der Waals surface area (Å²) in [6.07, 6.45) is 0. The Labute approximate surface area is 146 Å². The first-order valence-electron chi connectivity index (χ1n) is 7.82. The van der Waals surface area contributed by atoms with Gasteiger partial charge in [0.25, 0.3) is 21.8 Å². The molecule has 0 aromatic heterocycles. The highest BCUT2D eigenvalue weighted by Crippen LogP contribution is 2.32. The van der Waals surface area contributed by atoms with Crippen molar-refractivity contribution in [3.8, 4) is 0 Å². The highest BCUT2D eigenvalue weighted by Gasteiger charge is 2.42. The van der Waals surface area contributed by atoms with E-state index in [-0.39, 0.29) is 16.0 Å². The third-order valence-corrected chi connectivity index (χ3v) is 5.99. The van der Waals surface area contributed by atoms with Crippen LogP contribution >= 0.6 is 0 Å². The number of rotatable bonds is 3. The molecular formula is C18H18N2O4S. The topological polar surface area (TPSA) is 83.6 Å². The quantitative estimate of drug-likeness (QED) is 0.914. The molecule has 1 N–H and O–H groups in total. The van der Waals surface area contributed by atoms with Crippen molar-refractivity contribution in [1.29, 1.82) is 0 Å². The summed E-state index contributed by atoms with van der Waals surface area (Å²) in [4.78, 5) is 24.6. The summed E-state index contributed by atoms with van der Waals surface area (Å²) >= 11 is 0. The van der Waals surface area contributed by atoms with E-state index in [0.29, 0.717) is 5.69 Å². The van der Waals surface area contributed by atoms with Gasteiger partial charge in [-0.05, 0) is 51.1 Å². The van der Waals surface area contributed by atoms with E-state index in [1.807, 2.05) is 19.1 Å². The average Bonchev–Trinajstić information content (AvgIpc) is 2.75. The highest BCUT2D eigenvalue weighted by atomic mass is 32.2. The Bertz CT molecular complexity index is 963. The summed E-state index contributed by atoms with van der Waals surface area (Å²) in [5, 5.41) is 2.72. The van der Waals surface area contributed by atoms with Crippen molar-refractivity contribution in [2.45, 2.75) is 31.7 Å². The molecule has 0 unspecified atom stereocenters. The number of hydrogen-bond donors (Lipinski definition) is 1. The van der Waals surface area contributed by atoms with Gasteiger partial charge in [0.1, 0.15) is 4.90 Å². The van der Waals surface area contributed by atoms with Crippen molar-refractivity contribution in [1.82, 2.24) is 4.31 Å². The molecule has 6 nitrogen and oxygen atoms in total. The number of nitrogens with one attached hydrogen (secondary N) is 1. The van der Waals surface area contributed by atoms with E-state index in [9.17, 15) is 18.0 Å². The Morgan fingerprint density at radius 1 is 1.08 bits per heavy atom. The molecule has 0 spiro atoms. The molecule has 1 aliphatic heterocycles. The Balaban J connectivity index is 1.95. The van der Waals surface area contributed by atoms with Gasteiger partial charge in [0.2, 0.25) is 0 Å². The molecule has 3 rings (SSSR count). The first kappa shape index (κ1) is 17.2. The van der Waals surface area contributed by atoms with Crippen molar-refractivity contribution >= 4 is 27.5 Å². The highest BCUT2D eigenvalue weighted by molar-refractivity contribution is 7.90. The lowest BCUT2D eigenvalue weighted by Gasteiger charge is -2.18. The van der Waals surface area contributed by atoms with Crippen molar-refractivity contribution in [3.63, 3.8) is 0 Å². The van der Waals surface area contributed by atoms with Crippen LogP contribution in [0.25, 0.3) is 0 Å². The molecule has 0 aliphatic carbocycles. The molecular weight excluding hydrogens is 340 g/mol. The first-order chi connectivity index (χ1) is 11.7. The predicted molar refractivity (Wildman–Crippen MR) is 94.1 cm³/mol. The fourth-order valence-electron chi connectivity index (χ4n) is 2.74. The molecule has 0 radical (unpaired) electrons. The minimum atomic E-state index is -3.93. The zero-order valence-corrected chi connectivity index (χ0v) is 14.9. The second-order valence-corrected chi connectivity index (χ2v) is 8.01. The minimum Gasteiger partial charge on any atom is -0.322 e. The molecule has 25 heavy (non-hydrogen) atoms. The largest absolute Gasteiger partial charge is 0.322 e. The van der Waals surface area contributed by atoms with E-state index >= 15 is 0 Å². The molecule has 1 aliphatic rings. The van der Waals surface area contributed by atoms with E-state index < -0.39 is 27.9 Å². The Hall–Kier alpha value is -2.67. The van der Waals surface area contributed by atoms with Gasteiger partial charge in [0, 0.05) is 17.3 Å². The van der Waals surface area contributed by atoms with Crippen LogP contribution in [0, 0.1) is 6.92 Å². The van der Waals surface area contributed by atoms with E-state index in [0.717, 1.165) is 9.87 Å². The Morgan fingerprint density at radius 3 is 2.32 bits per heavy atom. The fourth-order valence-corrected chi connectivity index (χ4v) is 4.53. The van der Waals surface area contributed by atoms with Crippen LogP contribution < -0.4 is 5.32 Å². The predicted octanol–water partition coefficient (Wildman–Crippen LogP) is 2.80. The van der Waals surface area contributed by atoms with Crippen LogP contribution in [0.15, 0.2) is 47.4 Å². The normalized spacial score (nSPS) is 15.4. The molecule has 1 heterocycles. The Morgan fingerprint density at radius 2 is 1.72 bits per heavy atom. The number of fused-ring (bicyclic) bond motifs is 1. The monoisotopic (exact) mass is 358 g/mol. The molecule has 130 valence electrons. The number of nitrogens with zero attached hydrogens (tertiary/aromatic N) is 1. The van der Waals surface area contributed by atoms with Crippen LogP contribution in [0.2, 0.25) is 0 Å². The number of sulfonamides is 1. The van der Waals surface area contributed by atoms with Gasteiger partial charge in [-0.25, -0.2) is 12.7 Å². The van der Waals surface area contributed by atoms with Gasteiger partial charge in [0.05, 0.1) is 5.56 Å². The van der Waals surface area contributed by atoms with E-state index in [1.165, 1.54) is 18.2 Å². The number of amides is 2. The molecule has 7 heteroatoms. The van der Waals surface area contributed by atoms with Gasteiger partial charge < -0.3 is 5.32 Å². The van der Waals surface area contributed by atoms with Crippen LogP contribution in [-0.4, -0.2) is 30.6 Å². The van der Waals surface area contributed by atoms with Crippen molar-refractivity contribution < 1.29 is 18.0 Å². The molecule has 0 bridgehead atoms. The summed E-state index contributed by atoms with van der Waals surface area (Å²) in [6.45, 7) is 5.20. The summed E-state index contributed by atoms with van der Waals surface area (Å²) in [5.74, 6) is -0.993. The second kappa shape index (κ2) is 6.00. The van der Waals surface area contributed by atoms with Crippen molar-refractivity contribution in [2.75, 3.05) is 5.32 Å². The lowest BCUT2D eigenvalue weighted by molar-refractivity contribution is 0.0846. The number of carbonyl (C=O) groups excluding carboxylic acids is 2. The molecule has 0 fully saturated rings. The second-order valence-electron chi connectivity index (χ2n) is 6.23. The minimum absolute atomic E-state index is 0.0978. The summed E-state index contributed by atoms with van der Waals surface area (Å²) in [7, 11) is -3.93. The number of benzene rings is 2. The average molecular weight is 358 g/mol. The Kier molecular flexibility index (Phi) is 4.12. The van der Waals surface area contributed by atoms with E-state index in [2.05, 4.69) is 5.32 Å². The summed E-state index contributed by atoms with van der Waals surface area (Å²) in [5.41, 5.74) is 1.95. The van der Waals surface area contributed by atoms with E-state index in [4.69, 9.17) is 0 Å². The lowest BCUT2D eigenvalue weighted by atomic mass is 10.1. The maximum absolute atomic E-state index is 12.6. The van der Waals surface area contributed by atoms with Crippen LogP contribution in [-0.2, 0) is 10.0 Å². The number of anilines is 1. The van der Waals surface area contributed by atoms with Gasteiger partial charge in [-0.15, -0.1) is 0 Å². The third kappa shape index (κ3) is 2.91. The van der Waals surface area contributed by atoms with Crippen molar-refractivity contribution in [2.24, 2.45) is 0 Å². The van der Waals surface area contributed by atoms with Gasteiger partial charge >= 0.3 is 0 Å². The number of carbonyl (C=O) groups is 2. The van der Waals surface area contributed by atoms with Gasteiger partial charge in [-0.3, -0.25) is 9.59 Å². The molecule has 0 saturated heterocycles. The lowest BCUT2D eigenvalue weighted by Crippen LogP contribution is -2.36. The number of aryl methyl sites for hydroxylation is 1. The van der Waals surface area contributed by atoms with E-state index in [1.54, 1.807) is 26.0 Å². The van der Waals surface area contributed by atoms with Gasteiger partial charge in [-0.2, -0.15) is 0 Å². The molecule has 0 atom stereocenters. The maximum atomic E-state index is 12.6. The zero-order chi connectivity index (χ0) is 18.4. The molecule has 0 saturated carbocycles.